The van der Waals surface area contributed by atoms with Gasteiger partial charge in [-0.3, -0.25) is 24.2 Å². The number of aromatic amines is 1. The van der Waals surface area contributed by atoms with Crippen LogP contribution in [-0.4, -0.2) is 35.2 Å². The molecule has 9 heteroatoms. The molecule has 3 aromatic heterocycles. The number of pyridine rings is 1. The van der Waals surface area contributed by atoms with Gasteiger partial charge in [0.05, 0.1) is 12.2 Å². The van der Waals surface area contributed by atoms with Crippen molar-refractivity contribution in [2.24, 2.45) is 0 Å². The lowest BCUT2D eigenvalue weighted by Crippen LogP contribution is -2.24. The quantitative estimate of drug-likeness (QED) is 0.424. The fourth-order valence-electron chi connectivity index (χ4n) is 3.47. The van der Waals surface area contributed by atoms with Gasteiger partial charge in [0, 0.05) is 29.8 Å². The number of rotatable bonds is 6. The number of anilines is 1. The Morgan fingerprint density at radius 1 is 0.939 bits per heavy atom. The minimum atomic E-state index is -0.493. The molecule has 5 aromatic rings. The number of imidazole rings is 1. The first-order valence-corrected chi connectivity index (χ1v) is 10.2. The van der Waals surface area contributed by atoms with E-state index in [4.69, 9.17) is 0 Å². The van der Waals surface area contributed by atoms with E-state index in [1.165, 1.54) is 4.57 Å². The molecular weight excluding hydrogens is 418 g/mol. The predicted molar refractivity (Wildman–Crippen MR) is 123 cm³/mol. The number of hydrogen-bond acceptors (Lipinski definition) is 5. The Morgan fingerprint density at radius 2 is 1.64 bits per heavy atom. The zero-order valence-electron chi connectivity index (χ0n) is 17.4. The van der Waals surface area contributed by atoms with Gasteiger partial charge in [-0.2, -0.15) is 0 Å². The van der Waals surface area contributed by atoms with Crippen LogP contribution < -0.4 is 11.0 Å². The number of carbonyl (C=O) groups is 1. The number of para-hydroxylation sites is 1. The minimum Gasteiger partial charge on any atom is -0.295 e. The molecule has 3 heterocycles. The molecule has 9 nitrogen and oxygen atoms in total. The summed E-state index contributed by atoms with van der Waals surface area (Å²) in [6.45, 7) is 0.265. The Morgan fingerprint density at radius 3 is 2.36 bits per heavy atom. The van der Waals surface area contributed by atoms with Crippen molar-refractivity contribution in [2.75, 3.05) is 5.32 Å². The zero-order chi connectivity index (χ0) is 22.6. The summed E-state index contributed by atoms with van der Waals surface area (Å²) in [6, 6.07) is 22.5. The van der Waals surface area contributed by atoms with Gasteiger partial charge in [0.15, 0.2) is 0 Å². The molecule has 0 unspecified atom stereocenters. The van der Waals surface area contributed by atoms with Crippen molar-refractivity contribution in [1.82, 2.24) is 29.3 Å². The van der Waals surface area contributed by atoms with Crippen molar-refractivity contribution in [1.29, 1.82) is 0 Å². The van der Waals surface area contributed by atoms with Crippen LogP contribution in [0.15, 0.2) is 96.2 Å². The van der Waals surface area contributed by atoms with Crippen molar-refractivity contribution in [3.8, 4) is 16.9 Å². The molecule has 0 atom stereocenters. The molecule has 0 bridgehead atoms. The van der Waals surface area contributed by atoms with Crippen LogP contribution in [-0.2, 0) is 6.54 Å². The van der Waals surface area contributed by atoms with E-state index < -0.39 is 11.6 Å². The van der Waals surface area contributed by atoms with Crippen molar-refractivity contribution >= 4 is 11.9 Å². The molecule has 2 aromatic carbocycles. The molecule has 162 valence electrons. The molecule has 0 aliphatic heterocycles. The third-order valence-electron chi connectivity index (χ3n) is 5.09. The van der Waals surface area contributed by atoms with Crippen molar-refractivity contribution in [3.05, 3.63) is 113 Å². The van der Waals surface area contributed by atoms with E-state index in [2.05, 4.69) is 25.5 Å². The molecule has 0 aliphatic carbocycles. The Kier molecular flexibility index (Phi) is 5.34. The van der Waals surface area contributed by atoms with E-state index in [0.717, 1.165) is 16.8 Å². The van der Waals surface area contributed by atoms with Gasteiger partial charge in [0.25, 0.3) is 5.91 Å². The Balaban J connectivity index is 1.50. The van der Waals surface area contributed by atoms with Gasteiger partial charge in [-0.15, -0.1) is 5.10 Å². The molecule has 0 radical (unpaired) electrons. The summed E-state index contributed by atoms with van der Waals surface area (Å²) < 4.78 is 3.07. The number of nitrogens with one attached hydrogen (secondary N) is 2. The average molecular weight is 437 g/mol. The van der Waals surface area contributed by atoms with E-state index in [9.17, 15) is 9.59 Å². The Bertz CT molecular complexity index is 1440. The molecular formula is C24H19N7O2. The van der Waals surface area contributed by atoms with E-state index >= 15 is 0 Å². The summed E-state index contributed by atoms with van der Waals surface area (Å²) in [7, 11) is 0. The molecule has 2 N–H and O–H groups in total. The minimum absolute atomic E-state index is 0.113. The number of amides is 1. The lowest BCUT2D eigenvalue weighted by Gasteiger charge is -2.09. The second-order valence-electron chi connectivity index (χ2n) is 7.27. The van der Waals surface area contributed by atoms with Gasteiger partial charge in [-0.1, -0.05) is 48.5 Å². The highest BCUT2D eigenvalue weighted by Crippen LogP contribution is 2.21. The first kappa shape index (κ1) is 20.1. The lowest BCUT2D eigenvalue weighted by atomic mass is 10.2. The second-order valence-corrected chi connectivity index (χ2v) is 7.27. The van der Waals surface area contributed by atoms with Crippen LogP contribution in [0.3, 0.4) is 0 Å². The molecule has 1 amide bonds. The highest BCUT2D eigenvalue weighted by molar-refractivity contribution is 6.01. The fraction of sp³-hybridized carbons (Fsp3) is 0.0417. The van der Waals surface area contributed by atoms with Gasteiger partial charge >= 0.3 is 5.69 Å². The first-order valence-electron chi connectivity index (χ1n) is 10.2. The van der Waals surface area contributed by atoms with Gasteiger partial charge < -0.3 is 0 Å². The number of carbonyl (C=O) groups excluding carboxylic acids is 1. The van der Waals surface area contributed by atoms with E-state index in [1.54, 1.807) is 23.2 Å². The fourth-order valence-corrected chi connectivity index (χ4v) is 3.47. The smallest absolute Gasteiger partial charge is 0.295 e. The third kappa shape index (κ3) is 4.19. The van der Waals surface area contributed by atoms with Crippen LogP contribution in [0.25, 0.3) is 16.9 Å². The van der Waals surface area contributed by atoms with Crippen LogP contribution in [0, 0.1) is 0 Å². The molecule has 0 aliphatic rings. The average Bonchev–Trinajstić information content (AvgIpc) is 3.46. The molecule has 33 heavy (non-hydrogen) atoms. The highest BCUT2D eigenvalue weighted by Gasteiger charge is 2.21. The van der Waals surface area contributed by atoms with Gasteiger partial charge in [0.2, 0.25) is 11.8 Å². The Labute approximate surface area is 188 Å². The number of H-pyrrole nitrogens is 1. The summed E-state index contributed by atoms with van der Waals surface area (Å²) in [4.78, 5) is 34.2. The topological polar surface area (TPSA) is 110 Å². The third-order valence-corrected chi connectivity index (χ3v) is 5.09. The van der Waals surface area contributed by atoms with Crippen molar-refractivity contribution < 1.29 is 4.79 Å². The van der Waals surface area contributed by atoms with E-state index in [0.29, 0.717) is 5.69 Å². The summed E-state index contributed by atoms with van der Waals surface area (Å²) in [5.74, 6) is -0.218. The second kappa shape index (κ2) is 8.75. The molecule has 0 saturated heterocycles. The number of hydrogen-bond donors (Lipinski definition) is 2. The van der Waals surface area contributed by atoms with Gasteiger partial charge in [-0.25, -0.2) is 14.9 Å². The van der Waals surface area contributed by atoms with Crippen LogP contribution in [0.1, 0.15) is 16.2 Å². The molecule has 5 rings (SSSR count). The van der Waals surface area contributed by atoms with Crippen LogP contribution in [0.2, 0.25) is 0 Å². The summed E-state index contributed by atoms with van der Waals surface area (Å²) in [5, 5.41) is 9.12. The summed E-state index contributed by atoms with van der Waals surface area (Å²) in [6.07, 6.45) is 5.13. The standard InChI is InChI=1S/C24H19N7O2/c32-22(27-23-28-29-24(33)31(23)15-17-7-3-1-4-8-17)21-26-20(18-11-13-25-14-12-18)16-30(21)19-9-5-2-6-10-19/h1-14,16H,15H2,(H,29,33)(H,27,28,32). The van der Waals surface area contributed by atoms with Crippen molar-refractivity contribution in [2.45, 2.75) is 6.54 Å². The normalized spacial score (nSPS) is 10.8. The first-order chi connectivity index (χ1) is 16.2. The monoisotopic (exact) mass is 437 g/mol. The molecule has 0 saturated carbocycles. The lowest BCUT2D eigenvalue weighted by molar-refractivity contribution is 0.101. The maximum atomic E-state index is 13.3. The SMILES string of the molecule is O=C(Nc1n[nH]c(=O)n1Cc1ccccc1)c1nc(-c2ccncc2)cn1-c1ccccc1. The highest BCUT2D eigenvalue weighted by atomic mass is 16.2. The van der Waals surface area contributed by atoms with E-state index in [1.807, 2.05) is 72.8 Å². The summed E-state index contributed by atoms with van der Waals surface area (Å²) in [5.41, 5.74) is 2.71. The van der Waals surface area contributed by atoms with Crippen LogP contribution in [0.4, 0.5) is 5.95 Å². The van der Waals surface area contributed by atoms with Gasteiger partial charge in [0.1, 0.15) is 0 Å². The largest absolute Gasteiger partial charge is 0.345 e. The van der Waals surface area contributed by atoms with E-state index in [-0.39, 0.29) is 18.3 Å². The maximum Gasteiger partial charge on any atom is 0.345 e. The number of nitrogens with zero attached hydrogens (tertiary/aromatic N) is 5. The van der Waals surface area contributed by atoms with Crippen molar-refractivity contribution in [3.63, 3.8) is 0 Å². The predicted octanol–water partition coefficient (Wildman–Crippen LogP) is 3.12. The maximum absolute atomic E-state index is 13.3. The number of aromatic nitrogens is 6. The molecule has 0 spiro atoms. The summed E-state index contributed by atoms with van der Waals surface area (Å²) >= 11 is 0. The zero-order valence-corrected chi connectivity index (χ0v) is 17.4. The van der Waals surface area contributed by atoms with Gasteiger partial charge in [-0.05, 0) is 29.8 Å². The Hall–Kier alpha value is -4.79. The van der Waals surface area contributed by atoms with Crippen LogP contribution >= 0.6 is 0 Å². The van der Waals surface area contributed by atoms with Crippen LogP contribution in [0.5, 0.6) is 0 Å². The number of benzene rings is 2. The molecule has 0 fully saturated rings.